The molecule has 2 aliphatic rings. The van der Waals surface area contributed by atoms with E-state index >= 15 is 0 Å². The van der Waals surface area contributed by atoms with Crippen LogP contribution in [-0.2, 0) is 0 Å². The molecule has 2 aliphatic heterocycles. The molecule has 0 spiro atoms. The summed E-state index contributed by atoms with van der Waals surface area (Å²) in [6.45, 7) is 9.11. The highest BCUT2D eigenvalue weighted by atomic mass is 35.5. The van der Waals surface area contributed by atoms with Gasteiger partial charge in [-0.1, -0.05) is 61.9 Å². The average Bonchev–Trinajstić information content (AvgIpc) is 3.27. The number of halogens is 1. The lowest BCUT2D eigenvalue weighted by molar-refractivity contribution is 0.319. The Morgan fingerprint density at radius 2 is 1.81 bits per heavy atom. The van der Waals surface area contributed by atoms with Crippen LogP contribution in [0.1, 0.15) is 51.5 Å². The van der Waals surface area contributed by atoms with E-state index in [9.17, 15) is 0 Å². The summed E-state index contributed by atoms with van der Waals surface area (Å²) in [5, 5.41) is 3.46. The zero-order valence-electron chi connectivity index (χ0n) is 18.6. The van der Waals surface area contributed by atoms with Crippen molar-refractivity contribution in [3.8, 4) is 0 Å². The standard InChI is InChI=1S/C25H33N3S2.ClH/c1-3-4-7-14-26-25(29)20-12-13-24-22(17-20)28(19(2)18-27-15-8-9-16-27)21-10-5-6-11-23(21)30-24;/h5-6,10-13,17,19H,3-4,7-9,14-16,18H2,1-2H3,(H,26,29);1H. The van der Waals surface area contributed by atoms with E-state index in [-0.39, 0.29) is 12.4 Å². The first-order valence-electron chi connectivity index (χ1n) is 11.4. The third-order valence-corrected chi connectivity index (χ3v) is 7.56. The Hall–Kier alpha value is -1.27. The van der Waals surface area contributed by atoms with Gasteiger partial charge in [-0.15, -0.1) is 12.4 Å². The van der Waals surface area contributed by atoms with Crippen molar-refractivity contribution in [2.75, 3.05) is 31.1 Å². The Balaban J connectivity index is 0.00000272. The van der Waals surface area contributed by atoms with E-state index in [1.165, 1.54) is 66.4 Å². The zero-order chi connectivity index (χ0) is 20.9. The zero-order valence-corrected chi connectivity index (χ0v) is 21.1. The minimum absolute atomic E-state index is 0. The van der Waals surface area contributed by atoms with Crippen molar-refractivity contribution in [3.63, 3.8) is 0 Å². The fourth-order valence-corrected chi connectivity index (χ4v) is 5.78. The van der Waals surface area contributed by atoms with Crippen LogP contribution in [-0.4, -0.2) is 42.1 Å². The molecule has 1 atom stereocenters. The highest BCUT2D eigenvalue weighted by Crippen LogP contribution is 2.49. The van der Waals surface area contributed by atoms with Crippen LogP contribution in [0.2, 0.25) is 0 Å². The Kier molecular flexibility index (Phi) is 9.08. The molecule has 2 aromatic rings. The lowest BCUT2D eigenvalue weighted by Gasteiger charge is -2.39. The number of hydrogen-bond acceptors (Lipinski definition) is 4. The maximum Gasteiger partial charge on any atom is 0.106 e. The number of anilines is 2. The Labute approximate surface area is 203 Å². The van der Waals surface area contributed by atoms with Gasteiger partial charge in [0.25, 0.3) is 0 Å². The second kappa shape index (κ2) is 11.6. The van der Waals surface area contributed by atoms with Gasteiger partial charge in [-0.05, 0) is 63.5 Å². The lowest BCUT2D eigenvalue weighted by atomic mass is 10.1. The summed E-state index contributed by atoms with van der Waals surface area (Å²) >= 11 is 7.60. The number of rotatable bonds is 8. The van der Waals surface area contributed by atoms with Gasteiger partial charge in [-0.25, -0.2) is 0 Å². The van der Waals surface area contributed by atoms with Gasteiger partial charge in [0.05, 0.1) is 11.4 Å². The largest absolute Gasteiger partial charge is 0.376 e. The van der Waals surface area contributed by atoms with E-state index in [2.05, 4.69) is 71.4 Å². The molecule has 1 N–H and O–H groups in total. The number of hydrogen-bond donors (Lipinski definition) is 1. The molecule has 1 fully saturated rings. The first-order chi connectivity index (χ1) is 14.7. The maximum atomic E-state index is 5.73. The van der Waals surface area contributed by atoms with E-state index in [1.54, 1.807) is 0 Å². The number of unbranched alkanes of at least 4 members (excludes halogenated alkanes) is 2. The molecule has 6 heteroatoms. The van der Waals surface area contributed by atoms with Crippen LogP contribution in [0, 0.1) is 0 Å². The number of fused-ring (bicyclic) bond motifs is 2. The number of nitrogens with one attached hydrogen (secondary N) is 1. The highest BCUT2D eigenvalue weighted by molar-refractivity contribution is 7.99. The fourth-order valence-electron chi connectivity index (χ4n) is 4.50. The van der Waals surface area contributed by atoms with E-state index in [0.717, 1.165) is 23.6 Å². The van der Waals surface area contributed by atoms with Crippen LogP contribution in [0.3, 0.4) is 0 Å². The number of benzene rings is 2. The van der Waals surface area contributed by atoms with Gasteiger partial charge in [-0.2, -0.15) is 0 Å². The third-order valence-electron chi connectivity index (χ3n) is 6.05. The Bertz CT molecular complexity index is 883. The SMILES string of the molecule is CCCCCNC(=S)c1ccc2c(c1)N(C(C)CN1CCCC1)c1ccccc1S2.Cl. The Morgan fingerprint density at radius 3 is 2.58 bits per heavy atom. The summed E-state index contributed by atoms with van der Waals surface area (Å²) in [7, 11) is 0. The molecule has 0 aliphatic carbocycles. The van der Waals surface area contributed by atoms with Crippen molar-refractivity contribution in [2.45, 2.75) is 61.8 Å². The number of nitrogens with zero attached hydrogens (tertiary/aromatic N) is 2. The van der Waals surface area contributed by atoms with Gasteiger partial charge in [0.2, 0.25) is 0 Å². The van der Waals surface area contributed by atoms with E-state index in [1.807, 2.05) is 11.8 Å². The molecular weight excluding hydrogens is 442 g/mol. The number of thiocarbonyl (C=S) groups is 1. The molecule has 0 radical (unpaired) electrons. The molecule has 0 amide bonds. The summed E-state index contributed by atoms with van der Waals surface area (Å²) in [5.74, 6) is 0. The van der Waals surface area contributed by atoms with Gasteiger partial charge in [-0.3, -0.25) is 0 Å². The molecule has 0 saturated carbocycles. The second-order valence-corrected chi connectivity index (χ2v) is 9.93. The van der Waals surface area contributed by atoms with Crippen molar-refractivity contribution in [2.24, 2.45) is 0 Å². The first-order valence-corrected chi connectivity index (χ1v) is 12.6. The van der Waals surface area contributed by atoms with Crippen molar-refractivity contribution in [1.82, 2.24) is 10.2 Å². The Morgan fingerprint density at radius 1 is 1.06 bits per heavy atom. The topological polar surface area (TPSA) is 18.5 Å². The van der Waals surface area contributed by atoms with Crippen LogP contribution < -0.4 is 10.2 Å². The smallest absolute Gasteiger partial charge is 0.106 e. The molecule has 4 rings (SSSR count). The van der Waals surface area contributed by atoms with Crippen LogP contribution in [0.5, 0.6) is 0 Å². The molecule has 2 aromatic carbocycles. The van der Waals surface area contributed by atoms with Crippen molar-refractivity contribution < 1.29 is 0 Å². The molecule has 0 bridgehead atoms. The predicted molar refractivity (Wildman–Crippen MR) is 141 cm³/mol. The van der Waals surface area contributed by atoms with Gasteiger partial charge in [0.15, 0.2) is 0 Å². The lowest BCUT2D eigenvalue weighted by Crippen LogP contribution is -2.40. The van der Waals surface area contributed by atoms with E-state index in [0.29, 0.717) is 6.04 Å². The van der Waals surface area contributed by atoms with Crippen LogP contribution in [0.15, 0.2) is 52.3 Å². The maximum absolute atomic E-state index is 5.73. The minimum atomic E-state index is 0. The molecule has 1 unspecified atom stereocenters. The summed E-state index contributed by atoms with van der Waals surface area (Å²) in [6, 6.07) is 15.9. The van der Waals surface area contributed by atoms with Gasteiger partial charge in [0.1, 0.15) is 4.99 Å². The molecule has 31 heavy (non-hydrogen) atoms. The monoisotopic (exact) mass is 475 g/mol. The van der Waals surface area contributed by atoms with Gasteiger partial charge < -0.3 is 15.1 Å². The summed E-state index contributed by atoms with van der Waals surface area (Å²) < 4.78 is 0. The number of likely N-dealkylation sites (tertiary alicyclic amines) is 1. The van der Waals surface area contributed by atoms with Gasteiger partial charge in [0, 0.05) is 34.5 Å². The fraction of sp³-hybridized carbons (Fsp3) is 0.480. The van der Waals surface area contributed by atoms with Crippen LogP contribution >= 0.6 is 36.4 Å². The van der Waals surface area contributed by atoms with Crippen molar-refractivity contribution in [1.29, 1.82) is 0 Å². The summed E-state index contributed by atoms with van der Waals surface area (Å²) in [5.41, 5.74) is 3.74. The molecular formula is C25H34ClN3S2. The molecule has 3 nitrogen and oxygen atoms in total. The molecule has 2 heterocycles. The molecule has 1 saturated heterocycles. The van der Waals surface area contributed by atoms with E-state index < -0.39 is 0 Å². The van der Waals surface area contributed by atoms with Crippen molar-refractivity contribution in [3.05, 3.63) is 48.0 Å². The van der Waals surface area contributed by atoms with Gasteiger partial charge >= 0.3 is 0 Å². The van der Waals surface area contributed by atoms with E-state index in [4.69, 9.17) is 12.2 Å². The normalized spacial score (nSPS) is 16.3. The summed E-state index contributed by atoms with van der Waals surface area (Å²) in [6.07, 6.45) is 6.31. The molecule has 0 aromatic heterocycles. The second-order valence-electron chi connectivity index (χ2n) is 8.44. The minimum Gasteiger partial charge on any atom is -0.376 e. The number of para-hydroxylation sites is 1. The van der Waals surface area contributed by atoms with Crippen LogP contribution in [0.25, 0.3) is 0 Å². The quantitative estimate of drug-likeness (QED) is 0.339. The first kappa shape index (κ1) is 24.4. The summed E-state index contributed by atoms with van der Waals surface area (Å²) in [4.78, 5) is 8.68. The predicted octanol–water partition coefficient (Wildman–Crippen LogP) is 6.65. The van der Waals surface area contributed by atoms with Crippen molar-refractivity contribution >= 4 is 52.8 Å². The highest BCUT2D eigenvalue weighted by Gasteiger charge is 2.29. The third kappa shape index (κ3) is 5.75. The van der Waals surface area contributed by atoms with Crippen LogP contribution in [0.4, 0.5) is 11.4 Å². The average molecular weight is 476 g/mol. The molecule has 168 valence electrons.